The number of hydrogen-bond donors (Lipinski definition) is 1. The second-order valence-electron chi connectivity index (χ2n) is 7.14. The Balaban J connectivity index is 2.02. The molecule has 1 aliphatic heterocycles. The molecule has 1 atom stereocenters. The van der Waals surface area contributed by atoms with Crippen LogP contribution in [0.3, 0.4) is 0 Å². The maximum atomic E-state index is 11.0. The number of rotatable bonds is 5. The molecule has 2 heterocycles. The van der Waals surface area contributed by atoms with Crippen molar-refractivity contribution in [1.82, 2.24) is 19.7 Å². The summed E-state index contributed by atoms with van der Waals surface area (Å²) in [7, 11) is 0. The first-order valence-electron chi connectivity index (χ1n) is 8.23. The van der Waals surface area contributed by atoms with Crippen LogP contribution in [0.25, 0.3) is 0 Å². The van der Waals surface area contributed by atoms with Crippen molar-refractivity contribution in [2.45, 2.75) is 71.6 Å². The highest BCUT2D eigenvalue weighted by molar-refractivity contribution is 4.96. The van der Waals surface area contributed by atoms with E-state index in [0.29, 0.717) is 18.4 Å². The quantitative estimate of drug-likeness (QED) is 0.903. The Kier molecular flexibility index (Phi) is 5.38. The Morgan fingerprint density at radius 3 is 2.67 bits per heavy atom. The molecule has 0 amide bonds. The average Bonchev–Trinajstić information content (AvgIpc) is 2.69. The van der Waals surface area contributed by atoms with Gasteiger partial charge in [-0.1, -0.05) is 13.8 Å². The first-order chi connectivity index (χ1) is 9.89. The highest BCUT2D eigenvalue weighted by Gasteiger charge is 2.32. The Morgan fingerprint density at radius 2 is 2.00 bits per heavy atom. The molecule has 0 radical (unpaired) electrons. The Bertz CT molecular complexity index is 443. The fourth-order valence-electron chi connectivity index (χ4n) is 3.11. The zero-order valence-electron chi connectivity index (χ0n) is 13.9. The molecule has 2 rings (SSSR count). The van der Waals surface area contributed by atoms with Crippen LogP contribution >= 0.6 is 0 Å². The van der Waals surface area contributed by atoms with Crippen molar-refractivity contribution in [3.63, 3.8) is 0 Å². The largest absolute Gasteiger partial charge is 0.389 e. The lowest BCUT2D eigenvalue weighted by Gasteiger charge is -2.28. The van der Waals surface area contributed by atoms with Crippen molar-refractivity contribution in [1.29, 1.82) is 0 Å². The van der Waals surface area contributed by atoms with E-state index in [-0.39, 0.29) is 0 Å². The van der Waals surface area contributed by atoms with Crippen molar-refractivity contribution < 1.29 is 5.11 Å². The van der Waals surface area contributed by atoms with Crippen LogP contribution in [0.5, 0.6) is 0 Å². The van der Waals surface area contributed by atoms with Gasteiger partial charge in [0.25, 0.3) is 0 Å². The third-order valence-electron chi connectivity index (χ3n) is 4.40. The predicted molar refractivity (Wildman–Crippen MR) is 84.1 cm³/mol. The summed E-state index contributed by atoms with van der Waals surface area (Å²) in [5.74, 6) is 1.45. The van der Waals surface area contributed by atoms with Crippen LogP contribution < -0.4 is 0 Å². The van der Waals surface area contributed by atoms with Gasteiger partial charge in [0.1, 0.15) is 12.2 Å². The van der Waals surface area contributed by atoms with Crippen molar-refractivity contribution in [3.05, 3.63) is 12.2 Å². The van der Waals surface area contributed by atoms with Crippen LogP contribution in [-0.2, 0) is 13.0 Å². The standard InChI is InChI=1S/C16H30N4O/c1-13(2)11-20-15(17-12-18-20)10-16(21)6-5-8-19(9-7-16)14(3)4/h12-14,21H,5-11H2,1-4H3. The fraction of sp³-hybridized carbons (Fsp3) is 0.875. The lowest BCUT2D eigenvalue weighted by molar-refractivity contribution is 0.0219. The molecule has 120 valence electrons. The number of likely N-dealkylation sites (tertiary alicyclic amines) is 1. The second kappa shape index (κ2) is 6.88. The van der Waals surface area contributed by atoms with Crippen LogP contribution in [0.15, 0.2) is 6.33 Å². The summed E-state index contributed by atoms with van der Waals surface area (Å²) in [5.41, 5.74) is -0.634. The normalized spacial score (nSPS) is 24.7. The van der Waals surface area contributed by atoms with Gasteiger partial charge in [-0.3, -0.25) is 0 Å². The van der Waals surface area contributed by atoms with E-state index >= 15 is 0 Å². The highest BCUT2D eigenvalue weighted by atomic mass is 16.3. The molecule has 1 aliphatic rings. The van der Waals surface area contributed by atoms with E-state index in [1.54, 1.807) is 6.33 Å². The van der Waals surface area contributed by atoms with Crippen LogP contribution in [-0.4, -0.2) is 49.5 Å². The third kappa shape index (κ3) is 4.51. The molecule has 1 unspecified atom stereocenters. The Labute approximate surface area is 128 Å². The first kappa shape index (κ1) is 16.4. The van der Waals surface area contributed by atoms with Gasteiger partial charge in [0.15, 0.2) is 0 Å². The summed E-state index contributed by atoms with van der Waals surface area (Å²) >= 11 is 0. The molecule has 1 fully saturated rings. The van der Waals surface area contributed by atoms with Crippen LogP contribution in [0.2, 0.25) is 0 Å². The summed E-state index contributed by atoms with van der Waals surface area (Å²) in [6.07, 6.45) is 4.95. The second-order valence-corrected chi connectivity index (χ2v) is 7.14. The van der Waals surface area contributed by atoms with Crippen molar-refractivity contribution >= 4 is 0 Å². The molecule has 1 aromatic rings. The van der Waals surface area contributed by atoms with Gasteiger partial charge in [-0.25, -0.2) is 9.67 Å². The van der Waals surface area contributed by atoms with Gasteiger partial charge < -0.3 is 10.0 Å². The Morgan fingerprint density at radius 1 is 1.24 bits per heavy atom. The summed E-state index contributed by atoms with van der Waals surface area (Å²) < 4.78 is 1.95. The van der Waals surface area contributed by atoms with Gasteiger partial charge in [0, 0.05) is 25.6 Å². The monoisotopic (exact) mass is 294 g/mol. The molecule has 0 spiro atoms. The van der Waals surface area contributed by atoms with Gasteiger partial charge in [-0.15, -0.1) is 0 Å². The van der Waals surface area contributed by atoms with E-state index < -0.39 is 5.60 Å². The molecule has 1 saturated heterocycles. The maximum Gasteiger partial charge on any atom is 0.138 e. The number of aliphatic hydroxyl groups is 1. The molecule has 0 saturated carbocycles. The van der Waals surface area contributed by atoms with Gasteiger partial charge in [-0.2, -0.15) is 5.10 Å². The molecule has 0 aromatic carbocycles. The van der Waals surface area contributed by atoms with Crippen molar-refractivity contribution in [3.8, 4) is 0 Å². The van der Waals surface area contributed by atoms with Crippen molar-refractivity contribution in [2.24, 2.45) is 5.92 Å². The Hall–Kier alpha value is -0.940. The molecule has 5 heteroatoms. The average molecular weight is 294 g/mol. The fourth-order valence-corrected chi connectivity index (χ4v) is 3.11. The number of aromatic nitrogens is 3. The molecular formula is C16H30N4O. The summed E-state index contributed by atoms with van der Waals surface area (Å²) in [4.78, 5) is 6.83. The van der Waals surface area contributed by atoms with Crippen LogP contribution in [0, 0.1) is 5.92 Å². The SMILES string of the molecule is CC(C)Cn1ncnc1CC1(O)CCCN(C(C)C)CC1. The highest BCUT2D eigenvalue weighted by Crippen LogP contribution is 2.26. The van der Waals surface area contributed by atoms with Gasteiger partial charge in [0.2, 0.25) is 0 Å². The molecular weight excluding hydrogens is 264 g/mol. The predicted octanol–water partition coefficient (Wildman–Crippen LogP) is 2.10. The van der Waals surface area contributed by atoms with Crippen LogP contribution in [0.4, 0.5) is 0 Å². The van der Waals surface area contributed by atoms with E-state index in [0.717, 1.165) is 44.7 Å². The maximum absolute atomic E-state index is 11.0. The zero-order valence-corrected chi connectivity index (χ0v) is 13.9. The van der Waals surface area contributed by atoms with E-state index in [1.807, 2.05) is 4.68 Å². The lowest BCUT2D eigenvalue weighted by atomic mass is 9.91. The van der Waals surface area contributed by atoms with Crippen LogP contribution in [0.1, 0.15) is 52.8 Å². The molecule has 21 heavy (non-hydrogen) atoms. The summed E-state index contributed by atoms with van der Waals surface area (Å²) in [6.45, 7) is 11.7. The number of hydrogen-bond acceptors (Lipinski definition) is 4. The topological polar surface area (TPSA) is 54.2 Å². The van der Waals surface area contributed by atoms with E-state index in [2.05, 4.69) is 42.7 Å². The van der Waals surface area contributed by atoms with E-state index in [9.17, 15) is 5.11 Å². The third-order valence-corrected chi connectivity index (χ3v) is 4.40. The minimum Gasteiger partial charge on any atom is -0.389 e. The minimum atomic E-state index is -0.634. The summed E-state index contributed by atoms with van der Waals surface area (Å²) in [5, 5.41) is 15.3. The van der Waals surface area contributed by atoms with Gasteiger partial charge in [-0.05, 0) is 45.6 Å². The van der Waals surface area contributed by atoms with E-state index in [4.69, 9.17) is 0 Å². The first-order valence-corrected chi connectivity index (χ1v) is 8.23. The lowest BCUT2D eigenvalue weighted by Crippen LogP contribution is -2.36. The molecule has 1 aromatic heterocycles. The minimum absolute atomic E-state index is 0.533. The van der Waals surface area contributed by atoms with Gasteiger partial charge in [0.05, 0.1) is 5.60 Å². The van der Waals surface area contributed by atoms with E-state index in [1.165, 1.54) is 0 Å². The number of nitrogens with zero attached hydrogens (tertiary/aromatic N) is 4. The van der Waals surface area contributed by atoms with Gasteiger partial charge >= 0.3 is 0 Å². The molecule has 0 bridgehead atoms. The molecule has 0 aliphatic carbocycles. The zero-order chi connectivity index (χ0) is 15.5. The molecule has 5 nitrogen and oxygen atoms in total. The smallest absolute Gasteiger partial charge is 0.138 e. The molecule has 1 N–H and O–H groups in total. The van der Waals surface area contributed by atoms with Crippen molar-refractivity contribution in [2.75, 3.05) is 13.1 Å². The summed E-state index contributed by atoms with van der Waals surface area (Å²) in [6, 6.07) is 0.553.